The van der Waals surface area contributed by atoms with Crippen molar-refractivity contribution in [3.05, 3.63) is 36.5 Å². The second-order valence-corrected chi connectivity index (χ2v) is 11.1. The van der Waals surface area contributed by atoms with Gasteiger partial charge in [0, 0.05) is 12.8 Å². The summed E-state index contributed by atoms with van der Waals surface area (Å²) >= 11 is 0. The number of hydrogen-bond acceptors (Lipinski definition) is 6. The lowest BCUT2D eigenvalue weighted by Crippen LogP contribution is -2.25. The summed E-state index contributed by atoms with van der Waals surface area (Å²) in [7, 11) is 0. The van der Waals surface area contributed by atoms with Crippen LogP contribution in [0.5, 0.6) is 0 Å². The predicted octanol–water partition coefficient (Wildman–Crippen LogP) is 8.70. The molecule has 2 N–H and O–H groups in total. The van der Waals surface area contributed by atoms with Crippen molar-refractivity contribution in [2.45, 2.75) is 161 Å². The van der Waals surface area contributed by atoms with Crippen LogP contribution in [0, 0.1) is 0 Å². The molecule has 0 bridgehead atoms. The molecule has 0 aliphatic heterocycles. The van der Waals surface area contributed by atoms with E-state index >= 15 is 0 Å². The van der Waals surface area contributed by atoms with Gasteiger partial charge in [0.2, 0.25) is 0 Å². The largest absolute Gasteiger partial charge is 0.463 e. The van der Waals surface area contributed by atoms with Crippen molar-refractivity contribution in [1.29, 1.82) is 0 Å². The monoisotopic (exact) mass is 578 g/mol. The molecule has 0 aromatic rings. The fourth-order valence-electron chi connectivity index (χ4n) is 4.44. The van der Waals surface area contributed by atoms with E-state index in [1.54, 1.807) is 0 Å². The summed E-state index contributed by atoms with van der Waals surface area (Å²) in [6.07, 6.45) is 32.1. The van der Waals surface area contributed by atoms with Gasteiger partial charge in [0.1, 0.15) is 19.3 Å². The van der Waals surface area contributed by atoms with Crippen molar-refractivity contribution in [2.75, 3.05) is 13.2 Å². The van der Waals surface area contributed by atoms with E-state index in [0.29, 0.717) is 12.8 Å². The Morgan fingerprint density at radius 2 is 1.10 bits per heavy atom. The zero-order valence-corrected chi connectivity index (χ0v) is 26.4. The zero-order valence-electron chi connectivity index (χ0n) is 26.4. The Kier molecular flexibility index (Phi) is 29.6. The number of rotatable bonds is 29. The molecular formula is C35H62O6. The van der Waals surface area contributed by atoms with Gasteiger partial charge >= 0.3 is 11.9 Å². The molecule has 0 heterocycles. The Bertz CT molecular complexity index is 684. The van der Waals surface area contributed by atoms with Crippen LogP contribution in [0.15, 0.2) is 36.5 Å². The topological polar surface area (TPSA) is 93.1 Å². The molecule has 0 rings (SSSR count). The number of hydrogen-bond donors (Lipinski definition) is 2. The highest BCUT2D eigenvalue weighted by molar-refractivity contribution is 5.69. The fourth-order valence-corrected chi connectivity index (χ4v) is 4.44. The average molecular weight is 579 g/mol. The highest BCUT2D eigenvalue weighted by Gasteiger charge is 2.12. The smallest absolute Gasteiger partial charge is 0.305 e. The molecule has 6 heteroatoms. The van der Waals surface area contributed by atoms with Crippen LogP contribution in [0.3, 0.4) is 0 Å². The van der Waals surface area contributed by atoms with Gasteiger partial charge in [0.05, 0.1) is 6.10 Å². The highest BCUT2D eigenvalue weighted by Crippen LogP contribution is 2.13. The van der Waals surface area contributed by atoms with Crippen molar-refractivity contribution in [1.82, 2.24) is 0 Å². The number of aliphatic hydroxyl groups excluding tert-OH is 2. The number of allylic oxidation sites excluding steroid dienone is 5. The Hall–Kier alpha value is -1.92. The minimum Gasteiger partial charge on any atom is -0.463 e. The minimum atomic E-state index is -0.992. The lowest BCUT2D eigenvalue weighted by molar-refractivity contribution is -0.152. The normalized spacial score (nSPS) is 13.4. The Balaban J connectivity index is 3.56. The number of ether oxygens (including phenoxy) is 2. The summed E-state index contributed by atoms with van der Waals surface area (Å²) in [6.45, 7) is 4.06. The average Bonchev–Trinajstić information content (AvgIpc) is 2.96. The molecule has 0 saturated heterocycles. The molecule has 0 saturated carbocycles. The van der Waals surface area contributed by atoms with Gasteiger partial charge in [0.25, 0.3) is 0 Å². The molecule has 0 aromatic carbocycles. The van der Waals surface area contributed by atoms with Gasteiger partial charge in [-0.15, -0.1) is 0 Å². The molecule has 0 amide bonds. The molecule has 41 heavy (non-hydrogen) atoms. The first kappa shape index (κ1) is 39.1. The summed E-state index contributed by atoms with van der Waals surface area (Å²) in [4.78, 5) is 23.8. The van der Waals surface area contributed by atoms with E-state index in [-0.39, 0.29) is 25.2 Å². The molecule has 0 aliphatic rings. The van der Waals surface area contributed by atoms with Crippen LogP contribution in [0.1, 0.15) is 149 Å². The molecule has 0 spiro atoms. The molecule has 0 aromatic heterocycles. The van der Waals surface area contributed by atoms with Gasteiger partial charge in [-0.2, -0.15) is 0 Å². The predicted molar refractivity (Wildman–Crippen MR) is 170 cm³/mol. The summed E-state index contributed by atoms with van der Waals surface area (Å²) < 4.78 is 10.2. The first-order valence-electron chi connectivity index (χ1n) is 16.6. The first-order valence-corrected chi connectivity index (χ1v) is 16.6. The van der Waals surface area contributed by atoms with E-state index in [4.69, 9.17) is 9.47 Å². The quantitative estimate of drug-likeness (QED) is 0.0399. The van der Waals surface area contributed by atoms with Crippen LogP contribution >= 0.6 is 0 Å². The summed E-state index contributed by atoms with van der Waals surface area (Å²) in [5.74, 6) is -0.641. The highest BCUT2D eigenvalue weighted by atomic mass is 16.6. The molecular weight excluding hydrogens is 516 g/mol. The van der Waals surface area contributed by atoms with E-state index in [1.165, 1.54) is 51.4 Å². The van der Waals surface area contributed by atoms with E-state index in [2.05, 4.69) is 32.1 Å². The van der Waals surface area contributed by atoms with Gasteiger partial charge in [-0.05, 0) is 32.1 Å². The molecule has 0 fully saturated rings. The van der Waals surface area contributed by atoms with Crippen LogP contribution in [0.25, 0.3) is 0 Å². The first-order chi connectivity index (χ1) is 20.0. The Labute approximate surface area is 251 Å². The van der Waals surface area contributed by atoms with Crippen molar-refractivity contribution in [3.63, 3.8) is 0 Å². The molecule has 238 valence electrons. The van der Waals surface area contributed by atoms with Crippen molar-refractivity contribution >= 4 is 11.9 Å². The number of aliphatic hydroxyl groups is 2. The maximum absolute atomic E-state index is 11.9. The summed E-state index contributed by atoms with van der Waals surface area (Å²) in [5, 5.41) is 19.9. The standard InChI is InChI=1S/C35H62O6/c1-3-5-7-9-11-12-13-14-16-20-24-28-34(38)40-30-33(37)31-41-35(39)29-25-21-17-19-23-27-32(36)26-22-18-15-10-8-6-4-2/h6,8,15,18,22,26,32-33,36-37H,3-5,7,9-14,16-17,19-21,23-25,27-31H2,1-2H3/b8-6+,18-15+,26-22+/t32?,33-/m0/s1. The number of unbranched alkanes of at least 4 members (excludes halogenated alkanes) is 14. The van der Waals surface area contributed by atoms with Gasteiger partial charge in [-0.3, -0.25) is 9.59 Å². The third-order valence-electron chi connectivity index (χ3n) is 6.99. The minimum absolute atomic E-state index is 0.141. The van der Waals surface area contributed by atoms with Crippen LogP contribution in [0.2, 0.25) is 0 Å². The van der Waals surface area contributed by atoms with Crippen LogP contribution < -0.4 is 0 Å². The number of esters is 2. The zero-order chi connectivity index (χ0) is 30.2. The third-order valence-corrected chi connectivity index (χ3v) is 6.99. The maximum Gasteiger partial charge on any atom is 0.305 e. The van der Waals surface area contributed by atoms with Gasteiger partial charge in [0.15, 0.2) is 0 Å². The SMILES string of the molecule is CC/C=C/C/C=C/C=C/C(O)CCCCCCCC(=O)OC[C@@H](O)COC(=O)CCCCCCCCCCCCC. The molecule has 0 radical (unpaired) electrons. The molecule has 2 atom stereocenters. The molecule has 6 nitrogen and oxygen atoms in total. The summed E-state index contributed by atoms with van der Waals surface area (Å²) in [5.41, 5.74) is 0. The van der Waals surface area contributed by atoms with Crippen molar-refractivity contribution in [3.8, 4) is 0 Å². The van der Waals surface area contributed by atoms with Crippen molar-refractivity contribution < 1.29 is 29.3 Å². The van der Waals surface area contributed by atoms with Crippen molar-refractivity contribution in [2.24, 2.45) is 0 Å². The van der Waals surface area contributed by atoms with Crippen LogP contribution in [0.4, 0.5) is 0 Å². The lowest BCUT2D eigenvalue weighted by Gasteiger charge is -2.12. The maximum atomic E-state index is 11.9. The Morgan fingerprint density at radius 3 is 1.61 bits per heavy atom. The van der Waals surface area contributed by atoms with Gasteiger partial charge < -0.3 is 19.7 Å². The van der Waals surface area contributed by atoms with E-state index < -0.39 is 12.2 Å². The van der Waals surface area contributed by atoms with E-state index in [9.17, 15) is 19.8 Å². The van der Waals surface area contributed by atoms with Crippen LogP contribution in [-0.2, 0) is 19.1 Å². The number of carbonyl (C=O) groups excluding carboxylic acids is 2. The second kappa shape index (κ2) is 31.0. The second-order valence-electron chi connectivity index (χ2n) is 11.1. The van der Waals surface area contributed by atoms with Crippen LogP contribution in [-0.4, -0.2) is 47.6 Å². The van der Waals surface area contributed by atoms with E-state index in [1.807, 2.05) is 18.2 Å². The van der Waals surface area contributed by atoms with E-state index in [0.717, 1.165) is 70.6 Å². The molecule has 0 aliphatic carbocycles. The van der Waals surface area contributed by atoms with Gasteiger partial charge in [-0.1, -0.05) is 140 Å². The summed E-state index contributed by atoms with van der Waals surface area (Å²) in [6, 6.07) is 0. The Morgan fingerprint density at radius 1 is 0.610 bits per heavy atom. The lowest BCUT2D eigenvalue weighted by atomic mass is 10.1. The number of carbonyl (C=O) groups is 2. The fraction of sp³-hybridized carbons (Fsp3) is 0.771. The molecule has 1 unspecified atom stereocenters. The van der Waals surface area contributed by atoms with Gasteiger partial charge in [-0.25, -0.2) is 0 Å². The third kappa shape index (κ3) is 30.9.